The van der Waals surface area contributed by atoms with E-state index in [0.29, 0.717) is 25.3 Å². The van der Waals surface area contributed by atoms with Crippen LogP contribution in [-0.2, 0) is 17.9 Å². The van der Waals surface area contributed by atoms with E-state index in [4.69, 9.17) is 10.5 Å². The lowest BCUT2D eigenvalue weighted by molar-refractivity contribution is -0.130. The number of nitrogens with two attached hydrogens (primary N) is 1. The quantitative estimate of drug-likeness (QED) is 0.620. The molecule has 144 valence electrons. The molecule has 0 saturated heterocycles. The fraction of sp³-hybridized carbons (Fsp3) is 0.300. The molecule has 0 spiro atoms. The molecule has 0 aliphatic rings. The number of hydrogen-bond acceptors (Lipinski definition) is 4. The summed E-state index contributed by atoms with van der Waals surface area (Å²) >= 11 is 0. The van der Waals surface area contributed by atoms with Gasteiger partial charge in [0, 0.05) is 25.3 Å². The molecule has 3 amide bonds. The number of likely N-dealkylation sites (N-methyl/N-ethyl adjacent to an activating group) is 1. The van der Waals surface area contributed by atoms with Crippen LogP contribution in [0.3, 0.4) is 0 Å². The number of nitrogens with zero attached hydrogens (tertiary/aromatic N) is 1. The number of nitrogens with one attached hydrogen (secondary N) is 2. The molecule has 0 aliphatic heterocycles. The third-order valence-corrected chi connectivity index (χ3v) is 4.07. The van der Waals surface area contributed by atoms with Crippen molar-refractivity contribution in [2.45, 2.75) is 20.0 Å². The van der Waals surface area contributed by atoms with Gasteiger partial charge in [-0.15, -0.1) is 0 Å². The number of carbonyl (C=O) groups excluding carboxylic acids is 2. The zero-order chi connectivity index (χ0) is 19.6. The maximum atomic E-state index is 12.4. The summed E-state index contributed by atoms with van der Waals surface area (Å²) in [5.74, 6) is 0.596. The molecule has 2 aromatic rings. The van der Waals surface area contributed by atoms with Crippen LogP contribution in [0.5, 0.6) is 5.75 Å². The molecule has 0 atom stereocenters. The van der Waals surface area contributed by atoms with Gasteiger partial charge >= 0.3 is 6.03 Å². The maximum absolute atomic E-state index is 12.4. The Morgan fingerprint density at radius 1 is 1.07 bits per heavy atom. The predicted octanol–water partition coefficient (Wildman–Crippen LogP) is 2.13. The van der Waals surface area contributed by atoms with Gasteiger partial charge in [0.05, 0.1) is 13.7 Å². The summed E-state index contributed by atoms with van der Waals surface area (Å²) in [7, 11) is 1.61. The number of nitrogen functional groups attached to an aromatic ring is 1. The van der Waals surface area contributed by atoms with Gasteiger partial charge in [-0.3, -0.25) is 4.79 Å². The van der Waals surface area contributed by atoms with Crippen molar-refractivity contribution in [2.75, 3.05) is 25.9 Å². The number of benzene rings is 2. The van der Waals surface area contributed by atoms with E-state index in [-0.39, 0.29) is 12.5 Å². The highest BCUT2D eigenvalue weighted by Crippen LogP contribution is 2.14. The molecular formula is C20H26N4O3. The predicted molar refractivity (Wildman–Crippen MR) is 105 cm³/mol. The molecule has 4 N–H and O–H groups in total. The van der Waals surface area contributed by atoms with Gasteiger partial charge in [0.25, 0.3) is 0 Å². The van der Waals surface area contributed by atoms with Crippen LogP contribution < -0.4 is 21.1 Å². The Balaban J connectivity index is 1.79. The van der Waals surface area contributed by atoms with E-state index in [0.717, 1.165) is 16.9 Å². The van der Waals surface area contributed by atoms with Crippen molar-refractivity contribution in [3.63, 3.8) is 0 Å². The van der Waals surface area contributed by atoms with Gasteiger partial charge in [0.1, 0.15) is 5.75 Å². The topological polar surface area (TPSA) is 96.7 Å². The third kappa shape index (κ3) is 6.54. The molecule has 7 nitrogen and oxygen atoms in total. The van der Waals surface area contributed by atoms with E-state index in [2.05, 4.69) is 10.6 Å². The first kappa shape index (κ1) is 20.1. The summed E-state index contributed by atoms with van der Waals surface area (Å²) < 4.78 is 5.20. The first-order valence-electron chi connectivity index (χ1n) is 8.78. The fourth-order valence-corrected chi connectivity index (χ4v) is 2.52. The van der Waals surface area contributed by atoms with Crippen molar-refractivity contribution in [1.29, 1.82) is 0 Å². The Kier molecular flexibility index (Phi) is 7.49. The molecule has 2 rings (SSSR count). The second kappa shape index (κ2) is 10.1. The minimum absolute atomic E-state index is 0.0641. The van der Waals surface area contributed by atoms with Gasteiger partial charge in [-0.1, -0.05) is 24.3 Å². The average molecular weight is 370 g/mol. The van der Waals surface area contributed by atoms with Crippen molar-refractivity contribution < 1.29 is 14.3 Å². The van der Waals surface area contributed by atoms with E-state index in [1.807, 2.05) is 43.3 Å². The summed E-state index contributed by atoms with van der Waals surface area (Å²) in [6.45, 7) is 3.21. The molecule has 2 aromatic carbocycles. The van der Waals surface area contributed by atoms with Gasteiger partial charge in [-0.2, -0.15) is 0 Å². The molecule has 0 saturated carbocycles. The third-order valence-electron chi connectivity index (χ3n) is 4.07. The molecule has 0 heterocycles. The van der Waals surface area contributed by atoms with Crippen LogP contribution in [0.1, 0.15) is 18.1 Å². The zero-order valence-corrected chi connectivity index (χ0v) is 15.7. The summed E-state index contributed by atoms with van der Waals surface area (Å²) in [4.78, 5) is 26.0. The number of methoxy groups -OCH3 is 1. The average Bonchev–Trinajstić information content (AvgIpc) is 2.69. The number of hydrogen-bond donors (Lipinski definition) is 3. The van der Waals surface area contributed by atoms with E-state index in [1.54, 1.807) is 24.1 Å². The summed E-state index contributed by atoms with van der Waals surface area (Å²) in [5, 5.41) is 5.31. The second-order valence-corrected chi connectivity index (χ2v) is 6.04. The minimum Gasteiger partial charge on any atom is -0.497 e. The number of rotatable bonds is 8. The molecule has 0 aromatic heterocycles. The SMILES string of the molecule is CCN(Cc1cccc(OC)c1)C(=O)CNC(=O)NCc1ccc(N)cc1. The highest BCUT2D eigenvalue weighted by Gasteiger charge is 2.13. The Hall–Kier alpha value is -3.22. The Labute approximate surface area is 159 Å². The fourth-order valence-electron chi connectivity index (χ4n) is 2.52. The lowest BCUT2D eigenvalue weighted by atomic mass is 10.2. The first-order valence-corrected chi connectivity index (χ1v) is 8.78. The molecule has 7 heteroatoms. The molecule has 0 unspecified atom stereocenters. The second-order valence-electron chi connectivity index (χ2n) is 6.04. The van der Waals surface area contributed by atoms with Crippen LogP contribution in [0.2, 0.25) is 0 Å². The molecular weight excluding hydrogens is 344 g/mol. The van der Waals surface area contributed by atoms with Crippen LogP contribution in [0, 0.1) is 0 Å². The maximum Gasteiger partial charge on any atom is 0.315 e. The van der Waals surface area contributed by atoms with E-state index in [1.165, 1.54) is 0 Å². The van der Waals surface area contributed by atoms with Crippen molar-refractivity contribution in [3.8, 4) is 5.75 Å². The van der Waals surface area contributed by atoms with Gasteiger partial charge < -0.3 is 26.0 Å². The molecule has 27 heavy (non-hydrogen) atoms. The minimum atomic E-state index is -0.391. The van der Waals surface area contributed by atoms with Gasteiger partial charge in [-0.25, -0.2) is 4.79 Å². The summed E-state index contributed by atoms with van der Waals surface area (Å²) in [6, 6.07) is 14.4. The van der Waals surface area contributed by atoms with E-state index < -0.39 is 6.03 Å². The lowest BCUT2D eigenvalue weighted by Crippen LogP contribution is -2.43. The Morgan fingerprint density at radius 3 is 2.48 bits per heavy atom. The van der Waals surface area contributed by atoms with Crippen molar-refractivity contribution in [2.24, 2.45) is 0 Å². The summed E-state index contributed by atoms with van der Waals surface area (Å²) in [6.07, 6.45) is 0. The number of carbonyl (C=O) groups is 2. The first-order chi connectivity index (χ1) is 13.0. The standard InChI is InChI=1S/C20H26N4O3/c1-3-24(14-16-5-4-6-18(11-16)27-2)19(25)13-23-20(26)22-12-15-7-9-17(21)10-8-15/h4-11H,3,12-14,21H2,1-2H3,(H2,22,23,26). The van der Waals surface area contributed by atoms with Gasteiger partial charge in [-0.05, 0) is 42.3 Å². The summed E-state index contributed by atoms with van der Waals surface area (Å²) in [5.41, 5.74) is 8.20. The number of ether oxygens (including phenoxy) is 1. The van der Waals surface area contributed by atoms with Crippen molar-refractivity contribution in [1.82, 2.24) is 15.5 Å². The normalized spacial score (nSPS) is 10.1. The van der Waals surface area contributed by atoms with Crippen molar-refractivity contribution in [3.05, 3.63) is 59.7 Å². The van der Waals surface area contributed by atoms with Crippen LogP contribution in [0.25, 0.3) is 0 Å². The van der Waals surface area contributed by atoms with Crippen LogP contribution in [-0.4, -0.2) is 37.0 Å². The molecule has 0 bridgehead atoms. The van der Waals surface area contributed by atoms with E-state index in [9.17, 15) is 9.59 Å². The molecule has 0 radical (unpaired) electrons. The largest absolute Gasteiger partial charge is 0.497 e. The monoisotopic (exact) mass is 370 g/mol. The van der Waals surface area contributed by atoms with Crippen LogP contribution >= 0.6 is 0 Å². The van der Waals surface area contributed by atoms with Gasteiger partial charge in [0.15, 0.2) is 0 Å². The number of amides is 3. The Bertz CT molecular complexity index is 762. The lowest BCUT2D eigenvalue weighted by Gasteiger charge is -2.21. The van der Waals surface area contributed by atoms with E-state index >= 15 is 0 Å². The highest BCUT2D eigenvalue weighted by atomic mass is 16.5. The smallest absolute Gasteiger partial charge is 0.315 e. The van der Waals surface area contributed by atoms with Crippen molar-refractivity contribution >= 4 is 17.6 Å². The van der Waals surface area contributed by atoms with Crippen LogP contribution in [0.4, 0.5) is 10.5 Å². The Morgan fingerprint density at radius 2 is 1.81 bits per heavy atom. The van der Waals surface area contributed by atoms with Gasteiger partial charge in [0.2, 0.25) is 5.91 Å². The molecule has 0 aliphatic carbocycles. The highest BCUT2D eigenvalue weighted by molar-refractivity contribution is 5.84. The zero-order valence-electron chi connectivity index (χ0n) is 15.7. The molecule has 0 fully saturated rings. The van der Waals surface area contributed by atoms with Crippen LogP contribution in [0.15, 0.2) is 48.5 Å². The number of urea groups is 1. The number of anilines is 1.